The molecule has 0 saturated heterocycles. The summed E-state index contributed by atoms with van der Waals surface area (Å²) < 4.78 is 6.37. The normalized spacial score (nSPS) is 11.3. The molecule has 0 radical (unpaired) electrons. The van der Waals surface area contributed by atoms with E-state index in [-0.39, 0.29) is 0 Å². The third-order valence-electron chi connectivity index (χ3n) is 8.85. The van der Waals surface area contributed by atoms with Crippen LogP contribution in [-0.2, 0) is 0 Å². The van der Waals surface area contributed by atoms with Gasteiger partial charge in [0.25, 0.3) is 0 Å². The summed E-state index contributed by atoms with van der Waals surface area (Å²) in [6.45, 7) is 0. The van der Waals surface area contributed by atoms with Crippen LogP contribution in [0.15, 0.2) is 174 Å². The number of fused-ring (bicyclic) bond motifs is 3. The molecule has 0 N–H and O–H groups in total. The van der Waals surface area contributed by atoms with E-state index in [9.17, 15) is 0 Å². The van der Waals surface area contributed by atoms with Crippen LogP contribution in [0.5, 0.6) is 0 Å². The topological polar surface area (TPSA) is 64.7 Å². The van der Waals surface area contributed by atoms with Gasteiger partial charge in [0.1, 0.15) is 5.58 Å². The second kappa shape index (κ2) is 12.1. The molecule has 5 heteroatoms. The standard InChI is InChI=1S/C44H28N4O/c1-4-10-29(11-5-1)31-16-20-33(21-17-31)37-26-27-45-44-40(37)38-25-24-36(28-39(38)49-44)43-47-41(34-14-8-3-9-15-34)46-42(48-43)35-22-18-32(19-23-35)30-12-6-2-7-13-30/h1-28H. The predicted octanol–water partition coefficient (Wildman–Crippen LogP) is 11.2. The van der Waals surface area contributed by atoms with Crippen molar-refractivity contribution in [2.24, 2.45) is 0 Å². The average Bonchev–Trinajstić information content (AvgIpc) is 3.57. The van der Waals surface area contributed by atoms with E-state index in [1.54, 1.807) is 6.20 Å². The Morgan fingerprint density at radius 3 is 1.37 bits per heavy atom. The Hall–Kier alpha value is -6.72. The molecule has 0 saturated carbocycles. The van der Waals surface area contributed by atoms with Gasteiger partial charge >= 0.3 is 0 Å². The van der Waals surface area contributed by atoms with E-state index in [0.717, 1.165) is 55.3 Å². The molecule has 3 heterocycles. The van der Waals surface area contributed by atoms with Gasteiger partial charge < -0.3 is 4.42 Å². The average molecular weight is 629 g/mol. The first-order valence-corrected chi connectivity index (χ1v) is 16.2. The second-order valence-corrected chi connectivity index (χ2v) is 11.9. The van der Waals surface area contributed by atoms with E-state index >= 15 is 0 Å². The van der Waals surface area contributed by atoms with Crippen LogP contribution in [0.4, 0.5) is 0 Å². The number of nitrogens with zero attached hydrogens (tertiary/aromatic N) is 4. The molecule has 0 bridgehead atoms. The number of benzene rings is 6. The van der Waals surface area contributed by atoms with E-state index in [2.05, 4.69) is 108 Å². The number of rotatable bonds is 6. The van der Waals surface area contributed by atoms with Crippen LogP contribution in [0.3, 0.4) is 0 Å². The molecule has 3 aromatic heterocycles. The van der Waals surface area contributed by atoms with Crippen LogP contribution in [0.25, 0.3) is 89.6 Å². The molecule has 9 rings (SSSR count). The van der Waals surface area contributed by atoms with Crippen molar-refractivity contribution in [1.82, 2.24) is 19.9 Å². The Bertz CT molecular complexity index is 2560. The van der Waals surface area contributed by atoms with Gasteiger partial charge in [-0.05, 0) is 51.6 Å². The summed E-state index contributed by atoms with van der Waals surface area (Å²) in [7, 11) is 0. The Labute approximate surface area is 283 Å². The lowest BCUT2D eigenvalue weighted by atomic mass is 9.98. The van der Waals surface area contributed by atoms with Crippen LogP contribution in [0.1, 0.15) is 0 Å². The number of aromatic nitrogens is 4. The minimum atomic E-state index is 0.572. The minimum absolute atomic E-state index is 0.572. The van der Waals surface area contributed by atoms with E-state index < -0.39 is 0 Å². The molecular formula is C44H28N4O. The third kappa shape index (κ3) is 5.43. The van der Waals surface area contributed by atoms with Gasteiger partial charge in [-0.15, -0.1) is 0 Å². The fourth-order valence-electron chi connectivity index (χ4n) is 6.34. The molecule has 0 amide bonds. The zero-order valence-electron chi connectivity index (χ0n) is 26.4. The molecule has 230 valence electrons. The smallest absolute Gasteiger partial charge is 0.227 e. The maximum atomic E-state index is 6.37. The fraction of sp³-hybridized carbons (Fsp3) is 0. The van der Waals surface area contributed by atoms with Crippen LogP contribution in [-0.4, -0.2) is 19.9 Å². The van der Waals surface area contributed by atoms with Crippen LogP contribution < -0.4 is 0 Å². The van der Waals surface area contributed by atoms with Crippen molar-refractivity contribution in [2.75, 3.05) is 0 Å². The summed E-state index contributed by atoms with van der Waals surface area (Å²) in [5.41, 5.74) is 10.8. The summed E-state index contributed by atoms with van der Waals surface area (Å²) in [5.74, 6) is 1.79. The Morgan fingerprint density at radius 2 is 0.796 bits per heavy atom. The summed E-state index contributed by atoms with van der Waals surface area (Å²) in [5, 5.41) is 1.97. The molecule has 9 aromatic rings. The number of hydrogen-bond acceptors (Lipinski definition) is 5. The highest BCUT2D eigenvalue weighted by atomic mass is 16.3. The maximum Gasteiger partial charge on any atom is 0.227 e. The van der Waals surface area contributed by atoms with Crippen LogP contribution in [0.2, 0.25) is 0 Å². The van der Waals surface area contributed by atoms with Crippen molar-refractivity contribution >= 4 is 22.1 Å². The summed E-state index contributed by atoms with van der Waals surface area (Å²) in [4.78, 5) is 19.4. The molecule has 0 spiro atoms. The predicted molar refractivity (Wildman–Crippen MR) is 198 cm³/mol. The molecule has 49 heavy (non-hydrogen) atoms. The lowest BCUT2D eigenvalue weighted by Crippen LogP contribution is -2.00. The third-order valence-corrected chi connectivity index (χ3v) is 8.85. The lowest BCUT2D eigenvalue weighted by Gasteiger charge is -2.09. The van der Waals surface area contributed by atoms with Crippen molar-refractivity contribution in [2.45, 2.75) is 0 Å². The van der Waals surface area contributed by atoms with Crippen molar-refractivity contribution in [3.8, 4) is 67.5 Å². The first-order chi connectivity index (χ1) is 24.3. The highest BCUT2D eigenvalue weighted by Gasteiger charge is 2.17. The Balaban J connectivity index is 1.13. The van der Waals surface area contributed by atoms with Gasteiger partial charge in [-0.3, -0.25) is 0 Å². The fourth-order valence-corrected chi connectivity index (χ4v) is 6.34. The summed E-state index contributed by atoms with van der Waals surface area (Å²) >= 11 is 0. The van der Waals surface area contributed by atoms with Gasteiger partial charge in [0, 0.05) is 28.3 Å². The van der Waals surface area contributed by atoms with E-state index in [1.165, 1.54) is 11.1 Å². The highest BCUT2D eigenvalue weighted by Crippen LogP contribution is 2.38. The van der Waals surface area contributed by atoms with Crippen molar-refractivity contribution in [3.63, 3.8) is 0 Å². The van der Waals surface area contributed by atoms with E-state index in [1.807, 2.05) is 60.7 Å². The van der Waals surface area contributed by atoms with Gasteiger partial charge in [0.15, 0.2) is 17.5 Å². The molecule has 5 nitrogen and oxygen atoms in total. The van der Waals surface area contributed by atoms with Crippen molar-refractivity contribution in [3.05, 3.63) is 170 Å². The molecule has 0 atom stereocenters. The monoisotopic (exact) mass is 628 g/mol. The van der Waals surface area contributed by atoms with Crippen molar-refractivity contribution < 1.29 is 4.42 Å². The number of hydrogen-bond donors (Lipinski definition) is 0. The van der Waals surface area contributed by atoms with Gasteiger partial charge in [-0.1, -0.05) is 146 Å². The zero-order chi connectivity index (χ0) is 32.6. The van der Waals surface area contributed by atoms with E-state index in [4.69, 9.17) is 19.4 Å². The van der Waals surface area contributed by atoms with Gasteiger partial charge in [0.2, 0.25) is 5.71 Å². The maximum absolute atomic E-state index is 6.37. The summed E-state index contributed by atoms with van der Waals surface area (Å²) in [6, 6.07) is 56.0. The number of pyridine rings is 1. The highest BCUT2D eigenvalue weighted by molar-refractivity contribution is 6.11. The van der Waals surface area contributed by atoms with Crippen molar-refractivity contribution in [1.29, 1.82) is 0 Å². The first-order valence-electron chi connectivity index (χ1n) is 16.2. The molecule has 0 unspecified atom stereocenters. The molecular weight excluding hydrogens is 601 g/mol. The van der Waals surface area contributed by atoms with E-state index in [0.29, 0.717) is 23.2 Å². The zero-order valence-corrected chi connectivity index (χ0v) is 26.4. The van der Waals surface area contributed by atoms with Crippen LogP contribution >= 0.6 is 0 Å². The molecule has 0 fully saturated rings. The van der Waals surface area contributed by atoms with Gasteiger partial charge in [-0.25, -0.2) is 19.9 Å². The molecule has 0 aliphatic rings. The molecule has 0 aliphatic heterocycles. The number of furan rings is 1. The Morgan fingerprint density at radius 1 is 0.367 bits per heavy atom. The summed E-state index contributed by atoms with van der Waals surface area (Å²) in [6.07, 6.45) is 1.81. The minimum Gasteiger partial charge on any atom is -0.438 e. The largest absolute Gasteiger partial charge is 0.438 e. The molecule has 6 aromatic carbocycles. The lowest BCUT2D eigenvalue weighted by molar-refractivity contribution is 0.654. The first kappa shape index (κ1) is 28.5. The van der Waals surface area contributed by atoms with Gasteiger partial charge in [-0.2, -0.15) is 0 Å². The Kier molecular flexibility index (Phi) is 7.06. The van der Waals surface area contributed by atoms with Crippen LogP contribution in [0, 0.1) is 0 Å². The second-order valence-electron chi connectivity index (χ2n) is 11.9. The van der Waals surface area contributed by atoms with Gasteiger partial charge in [0.05, 0.1) is 5.39 Å². The quantitative estimate of drug-likeness (QED) is 0.183. The SMILES string of the molecule is c1ccc(-c2ccc(-c3nc(-c4ccccc4)nc(-c4ccc5c(c4)oc4nccc(-c6ccc(-c7ccccc7)cc6)c45)n3)cc2)cc1. The molecule has 0 aliphatic carbocycles.